The minimum atomic E-state index is -1.39. The Kier molecular flexibility index (Phi) is 21.1. The average Bonchev–Trinajstić information content (AvgIpc) is 2.72. The maximum Gasteiger partial charge on any atom is 0.320 e. The van der Waals surface area contributed by atoms with E-state index in [1.165, 1.54) is 12.8 Å². The van der Waals surface area contributed by atoms with Crippen molar-refractivity contribution in [3.8, 4) is 0 Å². The third-order valence-corrected chi connectivity index (χ3v) is 9.02. The molecule has 2 atom stereocenters. The Balaban J connectivity index is 3.63. The van der Waals surface area contributed by atoms with E-state index in [1.807, 2.05) is 0 Å². The van der Waals surface area contributed by atoms with Crippen molar-refractivity contribution in [3.05, 3.63) is 0 Å². The summed E-state index contributed by atoms with van der Waals surface area (Å²) in [4.78, 5) is 2.30. The molecule has 0 fully saturated rings. The number of hydrogen-bond donors (Lipinski definition) is 0. The van der Waals surface area contributed by atoms with Gasteiger partial charge in [0, 0.05) is 54.7 Å². The van der Waals surface area contributed by atoms with Gasteiger partial charge in [0.1, 0.15) is 0 Å². The topological polar surface area (TPSA) is 58.6 Å². The number of ether oxygens (including phenoxy) is 2. The fourth-order valence-corrected chi connectivity index (χ4v) is 6.04. The van der Waals surface area contributed by atoms with Crippen LogP contribution in [0.5, 0.6) is 0 Å². The molecule has 30 heavy (non-hydrogen) atoms. The van der Waals surface area contributed by atoms with Crippen LogP contribution in [0.3, 0.4) is 0 Å². The van der Waals surface area contributed by atoms with Crippen LogP contribution in [-0.4, -0.2) is 97.5 Å². The number of rotatable bonds is 22. The molecule has 9 heteroatoms. The highest BCUT2D eigenvalue weighted by atomic mass is 28.3. The summed E-state index contributed by atoms with van der Waals surface area (Å²) < 4.78 is 33.3. The molecule has 0 aliphatic rings. The van der Waals surface area contributed by atoms with Crippen molar-refractivity contribution in [2.45, 2.75) is 76.7 Å². The van der Waals surface area contributed by atoms with E-state index >= 15 is 0 Å². The lowest BCUT2D eigenvalue weighted by Crippen LogP contribution is -2.35. The molecule has 0 spiro atoms. The molecule has 0 bridgehead atoms. The number of nitrogens with zero attached hydrogens (tertiary/aromatic N) is 1. The summed E-state index contributed by atoms with van der Waals surface area (Å²) in [5.41, 5.74) is 0. The Morgan fingerprint density at radius 1 is 0.600 bits per heavy atom. The van der Waals surface area contributed by atoms with E-state index in [2.05, 4.69) is 25.8 Å². The van der Waals surface area contributed by atoms with Crippen molar-refractivity contribution in [1.29, 1.82) is 0 Å². The summed E-state index contributed by atoms with van der Waals surface area (Å²) in [6.45, 7) is 7.80. The van der Waals surface area contributed by atoms with Crippen molar-refractivity contribution < 1.29 is 27.2 Å². The van der Waals surface area contributed by atoms with Crippen molar-refractivity contribution in [2.75, 3.05) is 61.8 Å². The van der Waals surface area contributed by atoms with Gasteiger partial charge in [-0.15, -0.1) is 0 Å². The molecule has 0 aromatic heterocycles. The van der Waals surface area contributed by atoms with Crippen molar-refractivity contribution in [1.82, 2.24) is 4.90 Å². The summed E-state index contributed by atoms with van der Waals surface area (Å²) in [6.07, 6.45) is 7.33. The van der Waals surface area contributed by atoms with Crippen LogP contribution in [0.1, 0.15) is 52.4 Å². The highest BCUT2D eigenvalue weighted by molar-refractivity contribution is 6.44. The van der Waals surface area contributed by atoms with Crippen LogP contribution >= 0.6 is 0 Å². The van der Waals surface area contributed by atoms with Crippen LogP contribution in [0.2, 0.25) is 12.1 Å². The SMILES string of the molecule is CO[SiH](CCCCCOC(C)CN(C)CC(C)OCCCCC[SiH](OC)OC)OC. The molecule has 0 radical (unpaired) electrons. The standard InChI is InChI=1S/C21H49NO6Si2/c1-20(27-14-10-8-12-16-29(23-4)24-5)18-22(3)19-21(2)28-15-11-9-13-17-30(25-6)26-7/h20-21,29-30H,8-19H2,1-7H3. The molecule has 0 saturated carbocycles. The molecule has 0 rings (SSSR count). The predicted octanol–water partition coefficient (Wildman–Crippen LogP) is 3.10. The van der Waals surface area contributed by atoms with Gasteiger partial charge < -0.3 is 32.1 Å². The summed E-state index contributed by atoms with van der Waals surface area (Å²) in [6, 6.07) is 2.15. The predicted molar refractivity (Wildman–Crippen MR) is 128 cm³/mol. The van der Waals surface area contributed by atoms with E-state index in [1.54, 1.807) is 28.4 Å². The molecule has 0 N–H and O–H groups in total. The van der Waals surface area contributed by atoms with Gasteiger partial charge in [0.25, 0.3) is 0 Å². The van der Waals surface area contributed by atoms with Crippen LogP contribution in [0, 0.1) is 0 Å². The molecule has 0 aromatic carbocycles. The Morgan fingerprint density at radius 2 is 0.967 bits per heavy atom. The van der Waals surface area contributed by atoms with Crippen molar-refractivity contribution in [3.63, 3.8) is 0 Å². The minimum Gasteiger partial charge on any atom is -0.400 e. The van der Waals surface area contributed by atoms with Crippen LogP contribution < -0.4 is 0 Å². The van der Waals surface area contributed by atoms with Gasteiger partial charge in [0.05, 0.1) is 12.2 Å². The van der Waals surface area contributed by atoms with Crippen molar-refractivity contribution in [2.24, 2.45) is 0 Å². The quantitative estimate of drug-likeness (QED) is 0.179. The molecular weight excluding hydrogens is 418 g/mol. The molecule has 0 aliphatic carbocycles. The van der Waals surface area contributed by atoms with Gasteiger partial charge in [-0.05, 0) is 45.8 Å². The van der Waals surface area contributed by atoms with E-state index in [4.69, 9.17) is 27.2 Å². The second kappa shape index (κ2) is 21.0. The lowest BCUT2D eigenvalue weighted by Gasteiger charge is -2.25. The van der Waals surface area contributed by atoms with Crippen LogP contribution in [0.25, 0.3) is 0 Å². The zero-order valence-corrected chi connectivity index (χ0v) is 23.0. The molecule has 0 heterocycles. The maximum absolute atomic E-state index is 5.97. The van der Waals surface area contributed by atoms with Crippen LogP contribution in [0.4, 0.5) is 0 Å². The van der Waals surface area contributed by atoms with Gasteiger partial charge in [-0.3, -0.25) is 0 Å². The Hall–Kier alpha value is 0.154. The van der Waals surface area contributed by atoms with E-state index < -0.39 is 18.6 Å². The third kappa shape index (κ3) is 17.8. The largest absolute Gasteiger partial charge is 0.400 e. The molecule has 182 valence electrons. The summed E-state index contributed by atoms with van der Waals surface area (Å²) >= 11 is 0. The summed E-state index contributed by atoms with van der Waals surface area (Å²) in [7, 11) is 6.35. The average molecular weight is 468 g/mol. The zero-order chi connectivity index (χ0) is 22.6. The Morgan fingerprint density at radius 3 is 1.30 bits per heavy atom. The molecule has 7 nitrogen and oxygen atoms in total. The zero-order valence-electron chi connectivity index (χ0n) is 20.7. The van der Waals surface area contributed by atoms with Gasteiger partial charge in [0.2, 0.25) is 0 Å². The highest BCUT2D eigenvalue weighted by Gasteiger charge is 2.12. The second-order valence-electron chi connectivity index (χ2n) is 8.08. The molecule has 0 saturated heterocycles. The monoisotopic (exact) mass is 467 g/mol. The maximum atomic E-state index is 5.97. The van der Waals surface area contributed by atoms with E-state index in [-0.39, 0.29) is 12.2 Å². The summed E-state index contributed by atoms with van der Waals surface area (Å²) in [5.74, 6) is 0. The normalized spacial score (nSPS) is 14.2. The smallest absolute Gasteiger partial charge is 0.320 e. The fourth-order valence-electron chi connectivity index (χ4n) is 3.47. The van der Waals surface area contributed by atoms with Crippen LogP contribution in [0.15, 0.2) is 0 Å². The first-order chi connectivity index (χ1) is 14.5. The molecular formula is C21H49NO6Si2. The van der Waals surface area contributed by atoms with Crippen LogP contribution in [-0.2, 0) is 27.2 Å². The van der Waals surface area contributed by atoms with Gasteiger partial charge in [-0.2, -0.15) is 0 Å². The highest BCUT2D eigenvalue weighted by Crippen LogP contribution is 2.08. The third-order valence-electron chi connectivity index (χ3n) is 5.16. The van der Waals surface area contributed by atoms with E-state index in [9.17, 15) is 0 Å². The number of hydrogen-bond acceptors (Lipinski definition) is 7. The lowest BCUT2D eigenvalue weighted by molar-refractivity contribution is 0.0119. The second-order valence-corrected chi connectivity index (χ2v) is 12.8. The Bertz CT molecular complexity index is 330. The molecule has 0 aromatic rings. The fraction of sp³-hybridized carbons (Fsp3) is 1.00. The summed E-state index contributed by atoms with van der Waals surface area (Å²) in [5, 5.41) is 0. The molecule has 0 amide bonds. The first-order valence-electron chi connectivity index (χ1n) is 11.5. The van der Waals surface area contributed by atoms with Crippen molar-refractivity contribution >= 4 is 18.6 Å². The first kappa shape index (κ1) is 30.2. The van der Waals surface area contributed by atoms with E-state index in [0.29, 0.717) is 0 Å². The first-order valence-corrected chi connectivity index (χ1v) is 15.0. The molecule has 2 unspecified atom stereocenters. The van der Waals surface area contributed by atoms with Gasteiger partial charge in [0.15, 0.2) is 0 Å². The Labute approximate surface area is 189 Å². The van der Waals surface area contributed by atoms with E-state index in [0.717, 1.165) is 64.1 Å². The minimum absolute atomic E-state index is 0.237. The number of unbranched alkanes of at least 4 members (excludes halogenated alkanes) is 4. The lowest BCUT2D eigenvalue weighted by atomic mass is 10.2. The van der Waals surface area contributed by atoms with Gasteiger partial charge in [-0.1, -0.05) is 25.7 Å². The van der Waals surface area contributed by atoms with Gasteiger partial charge in [-0.25, -0.2) is 0 Å². The molecule has 0 aliphatic heterocycles. The number of likely N-dealkylation sites (N-methyl/N-ethyl adjacent to an activating group) is 1. The van der Waals surface area contributed by atoms with Gasteiger partial charge >= 0.3 is 18.6 Å².